The molecule has 0 atom stereocenters. The molecule has 2 N–H and O–H groups in total. The van der Waals surface area contributed by atoms with Crippen molar-refractivity contribution in [2.45, 2.75) is 18.4 Å². The summed E-state index contributed by atoms with van der Waals surface area (Å²) in [5, 5.41) is 2.77. The van der Waals surface area contributed by atoms with Gasteiger partial charge in [0, 0.05) is 17.8 Å². The Kier molecular flexibility index (Phi) is 7.21. The summed E-state index contributed by atoms with van der Waals surface area (Å²) >= 11 is 0. The third kappa shape index (κ3) is 6.17. The molecule has 3 aromatic rings. The summed E-state index contributed by atoms with van der Waals surface area (Å²) in [4.78, 5) is 12.5. The Bertz CT molecular complexity index is 1080. The van der Waals surface area contributed by atoms with Crippen molar-refractivity contribution in [1.29, 1.82) is 0 Å². The van der Waals surface area contributed by atoms with E-state index in [2.05, 4.69) is 10.0 Å². The van der Waals surface area contributed by atoms with Gasteiger partial charge in [0.25, 0.3) is 15.9 Å². The number of nitrogens with one attached hydrogen (secondary N) is 2. The number of hydrogen-bond donors (Lipinski definition) is 2. The van der Waals surface area contributed by atoms with Gasteiger partial charge >= 0.3 is 0 Å². The van der Waals surface area contributed by atoms with Crippen molar-refractivity contribution in [3.63, 3.8) is 0 Å². The first-order chi connectivity index (χ1) is 14.4. The second-order valence-corrected chi connectivity index (χ2v) is 8.48. The first kappa shape index (κ1) is 21.5. The van der Waals surface area contributed by atoms with E-state index in [0.717, 1.165) is 11.1 Å². The maximum atomic E-state index is 12.5. The number of ether oxygens (including phenoxy) is 1. The van der Waals surface area contributed by atoms with Gasteiger partial charge in [-0.1, -0.05) is 54.1 Å². The lowest BCUT2D eigenvalue weighted by Gasteiger charge is -2.10. The molecule has 156 valence electrons. The van der Waals surface area contributed by atoms with Crippen LogP contribution < -0.4 is 10.0 Å². The summed E-state index contributed by atoms with van der Waals surface area (Å²) in [6, 6.07) is 22.7. The second-order valence-electron chi connectivity index (χ2n) is 6.79. The molecule has 1 amide bonds. The minimum atomic E-state index is -3.72. The minimum Gasteiger partial charge on any atom is -0.375 e. The van der Waals surface area contributed by atoms with Gasteiger partial charge in [-0.25, -0.2) is 8.42 Å². The van der Waals surface area contributed by atoms with Crippen molar-refractivity contribution < 1.29 is 17.9 Å². The molecule has 0 spiro atoms. The third-order valence-electron chi connectivity index (χ3n) is 4.35. The number of benzene rings is 3. The predicted molar refractivity (Wildman–Crippen MR) is 117 cm³/mol. The van der Waals surface area contributed by atoms with Crippen molar-refractivity contribution in [3.05, 3.63) is 95.6 Å². The largest absolute Gasteiger partial charge is 0.375 e. The molecule has 0 radical (unpaired) electrons. The van der Waals surface area contributed by atoms with Crippen LogP contribution in [0.5, 0.6) is 0 Å². The highest BCUT2D eigenvalue weighted by Crippen LogP contribution is 2.17. The Morgan fingerprint density at radius 2 is 1.67 bits per heavy atom. The standard InChI is InChI=1S/C23H24N2O4S/c1-18-10-12-22(13-11-18)30(27,28)25-21-9-5-8-20(16-21)23(26)24-14-15-29-17-19-6-3-2-4-7-19/h2-13,16,25H,14-15,17H2,1H3,(H,24,26). The zero-order chi connectivity index (χ0) is 21.4. The fourth-order valence-electron chi connectivity index (χ4n) is 2.76. The highest BCUT2D eigenvalue weighted by atomic mass is 32.2. The van der Waals surface area contributed by atoms with Crippen LogP contribution in [0.3, 0.4) is 0 Å². The molecule has 7 heteroatoms. The molecule has 0 aromatic heterocycles. The molecule has 0 unspecified atom stereocenters. The van der Waals surface area contributed by atoms with E-state index in [1.807, 2.05) is 37.3 Å². The number of aryl methyl sites for hydroxylation is 1. The summed E-state index contributed by atoms with van der Waals surface area (Å²) < 4.78 is 33.1. The Labute approximate surface area is 177 Å². The van der Waals surface area contributed by atoms with Gasteiger partial charge < -0.3 is 10.1 Å². The van der Waals surface area contributed by atoms with Crippen molar-refractivity contribution in [2.75, 3.05) is 17.9 Å². The monoisotopic (exact) mass is 424 g/mol. The van der Waals surface area contributed by atoms with Crippen LogP contribution in [0.25, 0.3) is 0 Å². The van der Waals surface area contributed by atoms with Crippen LogP contribution in [-0.4, -0.2) is 27.5 Å². The first-order valence-electron chi connectivity index (χ1n) is 9.53. The van der Waals surface area contributed by atoms with Gasteiger partial charge in [-0.3, -0.25) is 9.52 Å². The van der Waals surface area contributed by atoms with E-state index in [1.165, 1.54) is 6.07 Å². The molecule has 3 aromatic carbocycles. The van der Waals surface area contributed by atoms with Crippen molar-refractivity contribution >= 4 is 21.6 Å². The lowest BCUT2D eigenvalue weighted by molar-refractivity contribution is 0.0901. The van der Waals surface area contributed by atoms with Crippen LogP contribution in [0.2, 0.25) is 0 Å². The lowest BCUT2D eigenvalue weighted by Crippen LogP contribution is -2.27. The normalized spacial score (nSPS) is 11.1. The van der Waals surface area contributed by atoms with Gasteiger partial charge in [0.05, 0.1) is 18.1 Å². The quantitative estimate of drug-likeness (QED) is 0.513. The molecule has 0 heterocycles. The molecular formula is C23H24N2O4S. The molecule has 0 fully saturated rings. The zero-order valence-electron chi connectivity index (χ0n) is 16.7. The number of amides is 1. The fourth-order valence-corrected chi connectivity index (χ4v) is 3.81. The van der Waals surface area contributed by atoms with E-state index in [0.29, 0.717) is 31.0 Å². The van der Waals surface area contributed by atoms with Gasteiger partial charge in [-0.15, -0.1) is 0 Å². The van der Waals surface area contributed by atoms with Crippen LogP contribution in [0, 0.1) is 6.92 Å². The van der Waals surface area contributed by atoms with E-state index < -0.39 is 10.0 Å². The second kappa shape index (κ2) is 10.0. The SMILES string of the molecule is Cc1ccc(S(=O)(=O)Nc2cccc(C(=O)NCCOCc3ccccc3)c2)cc1. The third-order valence-corrected chi connectivity index (χ3v) is 5.75. The maximum Gasteiger partial charge on any atom is 0.261 e. The van der Waals surface area contributed by atoms with Crippen LogP contribution in [0.1, 0.15) is 21.5 Å². The molecule has 0 aliphatic carbocycles. The van der Waals surface area contributed by atoms with Gasteiger partial charge in [0.15, 0.2) is 0 Å². The summed E-state index contributed by atoms with van der Waals surface area (Å²) in [5.41, 5.74) is 2.73. The van der Waals surface area contributed by atoms with E-state index >= 15 is 0 Å². The topological polar surface area (TPSA) is 84.5 Å². The van der Waals surface area contributed by atoms with Gasteiger partial charge in [-0.05, 0) is 42.8 Å². The number of hydrogen-bond acceptors (Lipinski definition) is 4. The highest BCUT2D eigenvalue weighted by molar-refractivity contribution is 7.92. The fraction of sp³-hybridized carbons (Fsp3) is 0.174. The highest BCUT2D eigenvalue weighted by Gasteiger charge is 2.15. The Morgan fingerprint density at radius 3 is 2.40 bits per heavy atom. The van der Waals surface area contributed by atoms with Gasteiger partial charge in [0.1, 0.15) is 0 Å². The van der Waals surface area contributed by atoms with E-state index in [1.54, 1.807) is 42.5 Å². The Balaban J connectivity index is 1.52. The Morgan fingerprint density at radius 1 is 0.933 bits per heavy atom. The van der Waals surface area contributed by atoms with Gasteiger partial charge in [0.2, 0.25) is 0 Å². The number of sulfonamides is 1. The summed E-state index contributed by atoms with van der Waals surface area (Å²) in [5.74, 6) is -0.297. The van der Waals surface area contributed by atoms with Crippen LogP contribution in [-0.2, 0) is 21.4 Å². The number of rotatable bonds is 9. The number of carbonyl (C=O) groups excluding carboxylic acids is 1. The van der Waals surface area contributed by atoms with Crippen molar-refractivity contribution in [1.82, 2.24) is 5.32 Å². The molecule has 0 aliphatic heterocycles. The molecule has 0 bridgehead atoms. The van der Waals surface area contributed by atoms with Crippen molar-refractivity contribution in [2.24, 2.45) is 0 Å². The molecule has 0 aliphatic rings. The molecule has 30 heavy (non-hydrogen) atoms. The zero-order valence-corrected chi connectivity index (χ0v) is 17.5. The number of anilines is 1. The van der Waals surface area contributed by atoms with E-state index in [9.17, 15) is 13.2 Å². The molecule has 0 saturated carbocycles. The van der Waals surface area contributed by atoms with Gasteiger partial charge in [-0.2, -0.15) is 0 Å². The maximum absolute atomic E-state index is 12.5. The summed E-state index contributed by atoms with van der Waals surface area (Å²) in [7, 11) is -3.72. The van der Waals surface area contributed by atoms with Crippen LogP contribution >= 0.6 is 0 Å². The van der Waals surface area contributed by atoms with Crippen LogP contribution in [0.4, 0.5) is 5.69 Å². The van der Waals surface area contributed by atoms with Crippen LogP contribution in [0.15, 0.2) is 83.8 Å². The summed E-state index contributed by atoms with van der Waals surface area (Å²) in [6.07, 6.45) is 0. The predicted octanol–water partition coefficient (Wildman–Crippen LogP) is 3.74. The smallest absolute Gasteiger partial charge is 0.261 e. The van der Waals surface area contributed by atoms with E-state index in [-0.39, 0.29) is 10.8 Å². The molecular weight excluding hydrogens is 400 g/mol. The number of carbonyl (C=O) groups is 1. The van der Waals surface area contributed by atoms with Crippen molar-refractivity contribution in [3.8, 4) is 0 Å². The lowest BCUT2D eigenvalue weighted by atomic mass is 10.2. The summed E-state index contributed by atoms with van der Waals surface area (Å²) in [6.45, 7) is 3.09. The minimum absolute atomic E-state index is 0.165. The average Bonchev–Trinajstić information content (AvgIpc) is 2.74. The van der Waals surface area contributed by atoms with E-state index in [4.69, 9.17) is 4.74 Å². The molecule has 6 nitrogen and oxygen atoms in total. The average molecular weight is 425 g/mol. The molecule has 3 rings (SSSR count). The first-order valence-corrected chi connectivity index (χ1v) is 11.0. The molecule has 0 saturated heterocycles. The Hall–Kier alpha value is -3.16.